The van der Waals surface area contributed by atoms with Gasteiger partial charge in [-0.2, -0.15) is 0 Å². The maximum atomic E-state index is 5.71. The van der Waals surface area contributed by atoms with Gasteiger partial charge in [0.15, 0.2) is 11.5 Å². The van der Waals surface area contributed by atoms with Crippen molar-refractivity contribution in [2.24, 2.45) is 0 Å². The van der Waals surface area contributed by atoms with E-state index in [1.54, 1.807) is 11.8 Å². The fraction of sp³-hybridized carbons (Fsp3) is 0.167. The highest BCUT2D eigenvalue weighted by Crippen LogP contribution is 2.24. The van der Waals surface area contributed by atoms with Crippen molar-refractivity contribution in [1.82, 2.24) is 15.2 Å². The fourth-order valence-corrected chi connectivity index (χ4v) is 3.07. The topological polar surface area (TPSA) is 65.0 Å². The molecule has 0 aliphatic rings. The summed E-state index contributed by atoms with van der Waals surface area (Å²) in [6, 6.07) is 17.6. The number of aryl methyl sites for hydroxylation is 1. The highest BCUT2D eigenvalue weighted by atomic mass is 32.2. The molecule has 0 aliphatic heterocycles. The lowest BCUT2D eigenvalue weighted by Gasteiger charge is -1.95. The number of benzene rings is 2. The molecule has 0 aliphatic carbocycles. The van der Waals surface area contributed by atoms with E-state index in [9.17, 15) is 0 Å². The first kappa shape index (κ1) is 15.0. The van der Waals surface area contributed by atoms with Crippen LogP contribution in [0.4, 0.5) is 0 Å². The van der Waals surface area contributed by atoms with Crippen LogP contribution in [0.1, 0.15) is 12.3 Å². The Morgan fingerprint density at radius 3 is 2.58 bits per heavy atom. The highest BCUT2D eigenvalue weighted by Gasteiger charge is 2.09. The molecule has 2 aromatic carbocycles. The summed E-state index contributed by atoms with van der Waals surface area (Å²) >= 11 is 1.55. The summed E-state index contributed by atoms with van der Waals surface area (Å²) in [7, 11) is 0. The number of oxazole rings is 1. The second-order valence-corrected chi connectivity index (χ2v) is 6.31. The molecule has 0 atom stereocenters. The largest absolute Gasteiger partial charge is 0.441 e. The van der Waals surface area contributed by atoms with Gasteiger partial charge in [-0.25, -0.2) is 4.98 Å². The van der Waals surface area contributed by atoms with Gasteiger partial charge in [-0.15, -0.1) is 10.2 Å². The van der Waals surface area contributed by atoms with Gasteiger partial charge >= 0.3 is 0 Å². The van der Waals surface area contributed by atoms with Crippen molar-refractivity contribution in [2.45, 2.75) is 18.1 Å². The number of rotatable bonds is 6. The Kier molecular flexibility index (Phi) is 4.29. The maximum Gasteiger partial charge on any atom is 0.276 e. The molecule has 2 heterocycles. The number of nitrogens with zero attached hydrogens (tertiary/aromatic N) is 3. The third kappa shape index (κ3) is 3.33. The third-order valence-corrected chi connectivity index (χ3v) is 4.43. The standard InChI is InChI=1S/C18H15N3O2S/c1-2-7-13(8-3-1)17-20-21-18(23-17)24-12-6-11-16-19-14-9-4-5-10-15(14)22-16/h1-5,7-10H,6,11-12H2. The van der Waals surface area contributed by atoms with Crippen LogP contribution >= 0.6 is 11.8 Å². The van der Waals surface area contributed by atoms with Gasteiger partial charge in [-0.1, -0.05) is 42.1 Å². The number of para-hydroxylation sites is 2. The van der Waals surface area contributed by atoms with Crippen molar-refractivity contribution in [1.29, 1.82) is 0 Å². The Labute approximate surface area is 143 Å². The summed E-state index contributed by atoms with van der Waals surface area (Å²) < 4.78 is 11.4. The summed E-state index contributed by atoms with van der Waals surface area (Å²) in [6.07, 6.45) is 1.72. The normalized spacial score (nSPS) is 11.2. The molecular weight excluding hydrogens is 322 g/mol. The van der Waals surface area contributed by atoms with Crippen molar-refractivity contribution in [3.63, 3.8) is 0 Å². The van der Waals surface area contributed by atoms with Crippen LogP contribution in [0.3, 0.4) is 0 Å². The van der Waals surface area contributed by atoms with E-state index in [1.807, 2.05) is 54.6 Å². The van der Waals surface area contributed by atoms with E-state index in [0.29, 0.717) is 11.1 Å². The van der Waals surface area contributed by atoms with Gasteiger partial charge in [0, 0.05) is 17.7 Å². The van der Waals surface area contributed by atoms with E-state index in [1.165, 1.54) is 0 Å². The van der Waals surface area contributed by atoms with Crippen LogP contribution in [0.5, 0.6) is 0 Å². The Morgan fingerprint density at radius 1 is 0.875 bits per heavy atom. The van der Waals surface area contributed by atoms with Crippen LogP contribution in [-0.2, 0) is 6.42 Å². The second-order valence-electron chi connectivity index (χ2n) is 5.27. The molecule has 0 fully saturated rings. The van der Waals surface area contributed by atoms with Crippen molar-refractivity contribution < 1.29 is 8.83 Å². The minimum absolute atomic E-state index is 0.553. The van der Waals surface area contributed by atoms with Gasteiger partial charge in [-0.3, -0.25) is 0 Å². The highest BCUT2D eigenvalue weighted by molar-refractivity contribution is 7.99. The van der Waals surface area contributed by atoms with E-state index in [2.05, 4.69) is 15.2 Å². The zero-order valence-corrected chi connectivity index (χ0v) is 13.7. The van der Waals surface area contributed by atoms with Crippen LogP contribution in [0.15, 0.2) is 68.7 Å². The van der Waals surface area contributed by atoms with Crippen LogP contribution in [0.2, 0.25) is 0 Å². The molecule has 4 aromatic rings. The monoisotopic (exact) mass is 337 g/mol. The third-order valence-electron chi connectivity index (χ3n) is 3.53. The number of thioether (sulfide) groups is 1. The molecule has 5 nitrogen and oxygen atoms in total. The van der Waals surface area contributed by atoms with E-state index in [-0.39, 0.29) is 0 Å². The van der Waals surface area contributed by atoms with E-state index < -0.39 is 0 Å². The summed E-state index contributed by atoms with van der Waals surface area (Å²) in [4.78, 5) is 4.47. The van der Waals surface area contributed by atoms with Gasteiger partial charge in [0.1, 0.15) is 5.52 Å². The minimum Gasteiger partial charge on any atom is -0.441 e. The molecule has 0 unspecified atom stereocenters. The van der Waals surface area contributed by atoms with Crippen LogP contribution in [0.25, 0.3) is 22.6 Å². The van der Waals surface area contributed by atoms with Crippen LogP contribution < -0.4 is 0 Å². The van der Waals surface area contributed by atoms with Gasteiger partial charge in [0.05, 0.1) is 0 Å². The Bertz CT molecular complexity index is 901. The molecule has 0 amide bonds. The lowest BCUT2D eigenvalue weighted by atomic mass is 10.2. The Balaban J connectivity index is 1.30. The minimum atomic E-state index is 0.553. The Morgan fingerprint density at radius 2 is 1.71 bits per heavy atom. The molecule has 6 heteroatoms. The van der Waals surface area contributed by atoms with Gasteiger partial charge in [0.2, 0.25) is 5.89 Å². The fourth-order valence-electron chi connectivity index (χ4n) is 2.38. The predicted molar refractivity (Wildman–Crippen MR) is 92.8 cm³/mol. The Hall–Kier alpha value is -2.60. The van der Waals surface area contributed by atoms with Crippen molar-refractivity contribution in [3.05, 3.63) is 60.5 Å². The average Bonchev–Trinajstić information content (AvgIpc) is 3.26. The quantitative estimate of drug-likeness (QED) is 0.378. The van der Waals surface area contributed by atoms with Crippen LogP contribution in [-0.4, -0.2) is 20.9 Å². The smallest absolute Gasteiger partial charge is 0.276 e. The molecule has 0 radical (unpaired) electrons. The number of hydrogen-bond donors (Lipinski definition) is 0. The molecule has 0 saturated heterocycles. The predicted octanol–water partition coefficient (Wildman–Crippen LogP) is 4.60. The summed E-state index contributed by atoms with van der Waals surface area (Å²) in [6.45, 7) is 0. The van der Waals surface area contributed by atoms with Crippen molar-refractivity contribution in [2.75, 3.05) is 5.75 Å². The number of hydrogen-bond acceptors (Lipinski definition) is 6. The first-order valence-corrected chi connectivity index (χ1v) is 8.73. The second kappa shape index (κ2) is 6.88. The molecular formula is C18H15N3O2S. The van der Waals surface area contributed by atoms with Gasteiger partial charge < -0.3 is 8.83 Å². The molecule has 0 spiro atoms. The molecule has 120 valence electrons. The van der Waals surface area contributed by atoms with Crippen LogP contribution in [0, 0.1) is 0 Å². The van der Waals surface area contributed by atoms with Crippen molar-refractivity contribution in [3.8, 4) is 11.5 Å². The van der Waals surface area contributed by atoms with E-state index in [0.717, 1.165) is 41.1 Å². The summed E-state index contributed by atoms with van der Waals surface area (Å²) in [5.74, 6) is 2.19. The number of aromatic nitrogens is 3. The lowest BCUT2D eigenvalue weighted by molar-refractivity contribution is 0.465. The van der Waals surface area contributed by atoms with E-state index >= 15 is 0 Å². The van der Waals surface area contributed by atoms with Gasteiger partial charge in [0.25, 0.3) is 5.22 Å². The summed E-state index contributed by atoms with van der Waals surface area (Å²) in [5, 5.41) is 8.75. The van der Waals surface area contributed by atoms with E-state index in [4.69, 9.17) is 8.83 Å². The molecule has 4 rings (SSSR count). The molecule has 0 N–H and O–H groups in total. The molecule has 0 saturated carbocycles. The maximum absolute atomic E-state index is 5.71. The molecule has 24 heavy (non-hydrogen) atoms. The summed E-state index contributed by atoms with van der Waals surface area (Å²) in [5.41, 5.74) is 2.68. The zero-order valence-electron chi connectivity index (χ0n) is 12.9. The number of fused-ring (bicyclic) bond motifs is 1. The van der Waals surface area contributed by atoms with Gasteiger partial charge in [-0.05, 0) is 30.7 Å². The average molecular weight is 337 g/mol. The lowest BCUT2D eigenvalue weighted by Crippen LogP contribution is -1.87. The molecule has 2 aromatic heterocycles. The first-order valence-electron chi connectivity index (χ1n) is 7.75. The van der Waals surface area contributed by atoms with Crippen molar-refractivity contribution >= 4 is 22.9 Å². The SMILES string of the molecule is c1ccc(-c2nnc(SCCCc3nc4ccccc4o3)o2)cc1. The first-order chi connectivity index (χ1) is 11.9. The zero-order chi connectivity index (χ0) is 16.2. The molecule has 0 bridgehead atoms.